The number of hydrogen-bond acceptors (Lipinski definition) is 7. The second-order valence-electron chi connectivity index (χ2n) is 11.5. The number of aromatic nitrogens is 1. The van der Waals surface area contributed by atoms with Gasteiger partial charge in [0.15, 0.2) is 11.0 Å². The number of piperidine rings is 1. The van der Waals surface area contributed by atoms with Crippen molar-refractivity contribution in [1.29, 1.82) is 5.41 Å². The summed E-state index contributed by atoms with van der Waals surface area (Å²) in [4.78, 5) is 62.4. The molecule has 3 amide bonds. The van der Waals surface area contributed by atoms with Crippen molar-refractivity contribution in [3.63, 3.8) is 0 Å². The molecule has 42 heavy (non-hydrogen) atoms. The van der Waals surface area contributed by atoms with Gasteiger partial charge in [0.05, 0.1) is 12.6 Å². The van der Waals surface area contributed by atoms with E-state index in [0.29, 0.717) is 31.1 Å². The minimum absolute atomic E-state index is 0.00588. The predicted molar refractivity (Wildman–Crippen MR) is 161 cm³/mol. The lowest BCUT2D eigenvalue weighted by Gasteiger charge is -2.42. The lowest BCUT2D eigenvalue weighted by molar-refractivity contribution is -0.159. The van der Waals surface area contributed by atoms with Crippen LogP contribution in [0.4, 0.5) is 0 Å². The third-order valence-electron chi connectivity index (χ3n) is 7.95. The van der Waals surface area contributed by atoms with Gasteiger partial charge in [0.2, 0.25) is 23.5 Å². The van der Waals surface area contributed by atoms with Crippen LogP contribution in [-0.2, 0) is 20.8 Å². The molecule has 1 aromatic heterocycles. The molecule has 0 aliphatic carbocycles. The molecule has 2 aliphatic heterocycles. The number of guanidine groups is 1. The second kappa shape index (κ2) is 14.4. The smallest absolute Gasteiger partial charge is 0.246 e. The molecule has 0 saturated carbocycles. The third-order valence-corrected chi connectivity index (χ3v) is 8.74. The lowest BCUT2D eigenvalue weighted by atomic mass is 9.90. The number of nitrogens with two attached hydrogens (primary N) is 1. The van der Waals surface area contributed by atoms with Crippen molar-refractivity contribution in [3.8, 4) is 0 Å². The highest BCUT2D eigenvalue weighted by Crippen LogP contribution is 2.24. The van der Waals surface area contributed by atoms with Crippen LogP contribution in [0.2, 0.25) is 0 Å². The first-order chi connectivity index (χ1) is 20.1. The largest absolute Gasteiger partial charge is 0.370 e. The highest BCUT2D eigenvalue weighted by atomic mass is 32.1. The minimum Gasteiger partial charge on any atom is -0.370 e. The summed E-state index contributed by atoms with van der Waals surface area (Å²) >= 11 is 1.21. The molecule has 2 aromatic rings. The molecule has 12 heteroatoms. The first kappa shape index (κ1) is 31.1. The molecule has 0 bridgehead atoms. The standard InChI is InChI=1S/C30H41N7O4S/c1-20(2)26-29(41)35(13-6-10-21-8-4-3-5-9-21)19-25(39)37(26)18-24(38)34-23(27(40)28-33-12-15-42-28)16-22-11-7-14-36(17-22)30(31)32/h3-5,8-9,12,15,20,22-23,26H,6-7,10-11,13-14,16-19H2,1-2H3,(H3,31,32)(H,34,38)/t22?,23-,26-/m0/s1. The maximum atomic E-state index is 13.5. The predicted octanol–water partition coefficient (Wildman–Crippen LogP) is 2.13. The highest BCUT2D eigenvalue weighted by Gasteiger charge is 2.42. The molecule has 3 heterocycles. The Hall–Kier alpha value is -3.80. The number of rotatable bonds is 12. The zero-order valence-electron chi connectivity index (χ0n) is 24.3. The quantitative estimate of drug-likeness (QED) is 0.193. The Kier molecular flexibility index (Phi) is 10.7. The topological polar surface area (TPSA) is 153 Å². The molecule has 226 valence electrons. The molecule has 0 radical (unpaired) electrons. The number of Topliss-reactive ketones (excluding diaryl/α,β-unsaturated/α-hetero) is 1. The first-order valence-electron chi connectivity index (χ1n) is 14.6. The summed E-state index contributed by atoms with van der Waals surface area (Å²) in [6.45, 7) is 5.03. The van der Waals surface area contributed by atoms with E-state index in [4.69, 9.17) is 11.1 Å². The fourth-order valence-corrected chi connectivity index (χ4v) is 6.51. The van der Waals surface area contributed by atoms with Gasteiger partial charge < -0.3 is 25.8 Å². The van der Waals surface area contributed by atoms with Gasteiger partial charge in [0, 0.05) is 31.2 Å². The van der Waals surface area contributed by atoms with E-state index in [2.05, 4.69) is 10.3 Å². The van der Waals surface area contributed by atoms with Crippen LogP contribution < -0.4 is 11.1 Å². The van der Waals surface area contributed by atoms with Crippen LogP contribution in [0.1, 0.15) is 54.9 Å². The molecule has 2 fully saturated rings. The van der Waals surface area contributed by atoms with Gasteiger partial charge in [-0.3, -0.25) is 24.6 Å². The molecule has 4 N–H and O–H groups in total. The highest BCUT2D eigenvalue weighted by molar-refractivity contribution is 7.11. The molecule has 4 rings (SSSR count). The average molecular weight is 596 g/mol. The molecule has 11 nitrogen and oxygen atoms in total. The van der Waals surface area contributed by atoms with Crippen molar-refractivity contribution < 1.29 is 19.2 Å². The number of aryl methyl sites for hydroxylation is 1. The summed E-state index contributed by atoms with van der Waals surface area (Å²) in [5, 5.41) is 12.7. The number of likely N-dealkylation sites (tertiary alicyclic amines) is 1. The number of benzene rings is 1. The Labute approximate surface area is 251 Å². The van der Waals surface area contributed by atoms with E-state index < -0.39 is 18.0 Å². The normalized spacial score (nSPS) is 20.1. The number of amides is 3. The fraction of sp³-hybridized carbons (Fsp3) is 0.533. The van der Waals surface area contributed by atoms with Gasteiger partial charge in [-0.1, -0.05) is 44.2 Å². The fourth-order valence-electron chi connectivity index (χ4n) is 5.88. The summed E-state index contributed by atoms with van der Waals surface area (Å²) in [6.07, 6.45) is 5.12. The summed E-state index contributed by atoms with van der Waals surface area (Å²) in [7, 11) is 0. The van der Waals surface area contributed by atoms with Crippen molar-refractivity contribution in [1.82, 2.24) is 25.0 Å². The van der Waals surface area contributed by atoms with Gasteiger partial charge >= 0.3 is 0 Å². The Bertz CT molecular complexity index is 1250. The number of piperazine rings is 1. The number of carbonyl (C=O) groups is 4. The van der Waals surface area contributed by atoms with Gasteiger partial charge in [-0.2, -0.15) is 0 Å². The van der Waals surface area contributed by atoms with Crippen LogP contribution in [0, 0.1) is 17.2 Å². The molecule has 3 atom stereocenters. The lowest BCUT2D eigenvalue weighted by Crippen LogP contribution is -2.63. The Morgan fingerprint density at radius 1 is 1.21 bits per heavy atom. The van der Waals surface area contributed by atoms with Crippen LogP contribution in [0.15, 0.2) is 41.9 Å². The van der Waals surface area contributed by atoms with Gasteiger partial charge in [-0.25, -0.2) is 4.98 Å². The first-order valence-corrected chi connectivity index (χ1v) is 15.5. The second-order valence-corrected chi connectivity index (χ2v) is 12.4. The number of ketones is 1. The van der Waals surface area contributed by atoms with Crippen molar-refractivity contribution in [3.05, 3.63) is 52.5 Å². The van der Waals surface area contributed by atoms with Crippen LogP contribution >= 0.6 is 11.3 Å². The molecular weight excluding hydrogens is 554 g/mol. The van der Waals surface area contributed by atoms with Crippen LogP contribution in [0.25, 0.3) is 0 Å². The van der Waals surface area contributed by atoms with E-state index in [-0.39, 0.29) is 48.5 Å². The van der Waals surface area contributed by atoms with Crippen LogP contribution in [0.5, 0.6) is 0 Å². The number of nitrogens with zero attached hydrogens (tertiary/aromatic N) is 4. The monoisotopic (exact) mass is 595 g/mol. The van der Waals surface area contributed by atoms with E-state index in [1.54, 1.807) is 21.4 Å². The number of carbonyl (C=O) groups excluding carboxylic acids is 4. The van der Waals surface area contributed by atoms with E-state index in [1.807, 2.05) is 44.2 Å². The number of hydrogen-bond donors (Lipinski definition) is 3. The Morgan fingerprint density at radius 2 is 1.98 bits per heavy atom. The van der Waals surface area contributed by atoms with Crippen molar-refractivity contribution in [2.45, 2.75) is 58.0 Å². The molecule has 1 aromatic carbocycles. The number of thiazole rings is 1. The SMILES string of the molecule is CC(C)[C@H]1C(=O)N(CCCc2ccccc2)CC(=O)N1CC(=O)N[C@@H](CC1CCCN(C(=N)N)C1)C(=O)c1nccs1. The Morgan fingerprint density at radius 3 is 2.64 bits per heavy atom. The zero-order chi connectivity index (χ0) is 30.2. The zero-order valence-corrected chi connectivity index (χ0v) is 25.1. The van der Waals surface area contributed by atoms with Crippen molar-refractivity contribution >= 4 is 40.8 Å². The van der Waals surface area contributed by atoms with E-state index in [0.717, 1.165) is 25.7 Å². The van der Waals surface area contributed by atoms with Gasteiger partial charge in [-0.15, -0.1) is 11.3 Å². The molecule has 2 saturated heterocycles. The van der Waals surface area contributed by atoms with Crippen molar-refractivity contribution in [2.24, 2.45) is 17.6 Å². The van der Waals surface area contributed by atoms with E-state index in [1.165, 1.54) is 21.8 Å². The summed E-state index contributed by atoms with van der Waals surface area (Å²) in [5.41, 5.74) is 6.88. The summed E-state index contributed by atoms with van der Waals surface area (Å²) in [6, 6.07) is 8.40. The summed E-state index contributed by atoms with van der Waals surface area (Å²) < 4.78 is 0. The average Bonchev–Trinajstić information content (AvgIpc) is 3.50. The van der Waals surface area contributed by atoms with E-state index >= 15 is 0 Å². The summed E-state index contributed by atoms with van der Waals surface area (Å²) in [5.74, 6) is -1.38. The number of nitrogens with one attached hydrogen (secondary N) is 2. The van der Waals surface area contributed by atoms with Crippen LogP contribution in [-0.4, -0.2) is 94.0 Å². The van der Waals surface area contributed by atoms with Gasteiger partial charge in [0.1, 0.15) is 12.6 Å². The minimum atomic E-state index is -0.844. The van der Waals surface area contributed by atoms with Gasteiger partial charge in [-0.05, 0) is 49.5 Å². The third kappa shape index (κ3) is 7.93. The van der Waals surface area contributed by atoms with E-state index in [9.17, 15) is 19.2 Å². The Balaban J connectivity index is 1.41. The molecular formula is C30H41N7O4S. The van der Waals surface area contributed by atoms with Crippen LogP contribution in [0.3, 0.4) is 0 Å². The van der Waals surface area contributed by atoms with Gasteiger partial charge in [0.25, 0.3) is 0 Å². The molecule has 2 aliphatic rings. The molecule has 1 unspecified atom stereocenters. The van der Waals surface area contributed by atoms with Crippen molar-refractivity contribution in [2.75, 3.05) is 32.7 Å². The maximum absolute atomic E-state index is 13.5. The molecule has 0 spiro atoms. The maximum Gasteiger partial charge on any atom is 0.246 e.